The standard InChI is InChI=1S/C19H23NO4S/c1-19(2,3)24-18(21)17(14-15-10-6-4-7-11-15)20-25(22,23)16-12-8-5-9-13-16/h4-13,17,20H,14H2,1-3H3/t17-/m0/s1. The predicted molar refractivity (Wildman–Crippen MR) is 96.5 cm³/mol. The van der Waals surface area contributed by atoms with Crippen molar-refractivity contribution < 1.29 is 17.9 Å². The lowest BCUT2D eigenvalue weighted by molar-refractivity contribution is -0.156. The fourth-order valence-electron chi connectivity index (χ4n) is 2.25. The Labute approximate surface area is 149 Å². The van der Waals surface area contributed by atoms with E-state index in [0.29, 0.717) is 0 Å². The first-order valence-electron chi connectivity index (χ1n) is 8.01. The van der Waals surface area contributed by atoms with Gasteiger partial charge in [-0.2, -0.15) is 4.72 Å². The van der Waals surface area contributed by atoms with Gasteiger partial charge >= 0.3 is 5.97 Å². The smallest absolute Gasteiger partial charge is 0.325 e. The molecule has 0 spiro atoms. The summed E-state index contributed by atoms with van der Waals surface area (Å²) in [5, 5.41) is 0. The van der Waals surface area contributed by atoms with Crippen LogP contribution >= 0.6 is 0 Å². The average Bonchev–Trinajstić information content (AvgIpc) is 2.54. The van der Waals surface area contributed by atoms with Crippen LogP contribution in [0.5, 0.6) is 0 Å². The van der Waals surface area contributed by atoms with Gasteiger partial charge in [0.1, 0.15) is 11.6 Å². The lowest BCUT2D eigenvalue weighted by Gasteiger charge is -2.24. The number of carbonyl (C=O) groups excluding carboxylic acids is 1. The molecule has 6 heteroatoms. The molecule has 134 valence electrons. The molecule has 0 amide bonds. The molecule has 2 rings (SSSR count). The van der Waals surface area contributed by atoms with Crippen molar-refractivity contribution in [2.45, 2.75) is 43.7 Å². The topological polar surface area (TPSA) is 72.5 Å². The minimum atomic E-state index is -3.83. The van der Waals surface area contributed by atoms with E-state index in [0.717, 1.165) is 5.56 Å². The van der Waals surface area contributed by atoms with E-state index in [-0.39, 0.29) is 11.3 Å². The van der Waals surface area contributed by atoms with Crippen molar-refractivity contribution in [2.24, 2.45) is 0 Å². The van der Waals surface area contributed by atoms with Crippen LogP contribution in [-0.4, -0.2) is 26.0 Å². The number of rotatable bonds is 6. The van der Waals surface area contributed by atoms with Crippen molar-refractivity contribution in [1.29, 1.82) is 0 Å². The Kier molecular flexibility index (Phi) is 5.98. The molecule has 1 atom stereocenters. The summed E-state index contributed by atoms with van der Waals surface area (Å²) in [4.78, 5) is 12.6. The first-order valence-corrected chi connectivity index (χ1v) is 9.50. The molecule has 0 aliphatic heterocycles. The van der Waals surface area contributed by atoms with Gasteiger partial charge in [-0.15, -0.1) is 0 Å². The number of sulfonamides is 1. The molecule has 0 aliphatic rings. The Bertz CT molecular complexity index is 796. The van der Waals surface area contributed by atoms with Gasteiger partial charge in [-0.1, -0.05) is 48.5 Å². The highest BCUT2D eigenvalue weighted by Crippen LogP contribution is 2.14. The van der Waals surface area contributed by atoms with Crippen LogP contribution in [0.25, 0.3) is 0 Å². The molecule has 0 unspecified atom stereocenters. The van der Waals surface area contributed by atoms with Crippen LogP contribution in [-0.2, 0) is 26.0 Å². The molecule has 5 nitrogen and oxygen atoms in total. The largest absolute Gasteiger partial charge is 0.459 e. The Morgan fingerprint density at radius 1 is 1.00 bits per heavy atom. The van der Waals surface area contributed by atoms with Crippen molar-refractivity contribution in [3.63, 3.8) is 0 Å². The van der Waals surface area contributed by atoms with Crippen LogP contribution in [0.4, 0.5) is 0 Å². The fraction of sp³-hybridized carbons (Fsp3) is 0.316. The lowest BCUT2D eigenvalue weighted by atomic mass is 10.1. The highest BCUT2D eigenvalue weighted by molar-refractivity contribution is 7.89. The van der Waals surface area contributed by atoms with Gasteiger partial charge in [0, 0.05) is 0 Å². The van der Waals surface area contributed by atoms with Crippen LogP contribution in [0.1, 0.15) is 26.3 Å². The van der Waals surface area contributed by atoms with Gasteiger partial charge in [-0.25, -0.2) is 8.42 Å². The summed E-state index contributed by atoms with van der Waals surface area (Å²) in [5.74, 6) is -0.601. The summed E-state index contributed by atoms with van der Waals surface area (Å²) >= 11 is 0. The van der Waals surface area contributed by atoms with Crippen molar-refractivity contribution in [2.75, 3.05) is 0 Å². The monoisotopic (exact) mass is 361 g/mol. The van der Waals surface area contributed by atoms with Crippen LogP contribution in [0, 0.1) is 0 Å². The molecule has 0 heterocycles. The molecule has 0 saturated carbocycles. The number of esters is 1. The van der Waals surface area contributed by atoms with Gasteiger partial charge in [0.05, 0.1) is 4.90 Å². The molecule has 0 aliphatic carbocycles. The first kappa shape index (κ1) is 19.1. The lowest BCUT2D eigenvalue weighted by Crippen LogP contribution is -2.45. The van der Waals surface area contributed by atoms with E-state index in [2.05, 4.69) is 4.72 Å². The van der Waals surface area contributed by atoms with Gasteiger partial charge in [-0.3, -0.25) is 4.79 Å². The number of hydrogen-bond acceptors (Lipinski definition) is 4. The molecule has 0 bridgehead atoms. The Morgan fingerprint density at radius 2 is 1.52 bits per heavy atom. The van der Waals surface area contributed by atoms with Crippen LogP contribution < -0.4 is 4.72 Å². The number of carbonyl (C=O) groups is 1. The summed E-state index contributed by atoms with van der Waals surface area (Å²) in [6.45, 7) is 5.24. The number of hydrogen-bond donors (Lipinski definition) is 1. The maximum Gasteiger partial charge on any atom is 0.325 e. The summed E-state index contributed by atoms with van der Waals surface area (Å²) in [7, 11) is -3.83. The average molecular weight is 361 g/mol. The van der Waals surface area contributed by atoms with E-state index in [1.54, 1.807) is 39.0 Å². The normalized spacial score (nSPS) is 13.2. The highest BCUT2D eigenvalue weighted by atomic mass is 32.2. The van der Waals surface area contributed by atoms with Gasteiger partial charge in [0.25, 0.3) is 0 Å². The van der Waals surface area contributed by atoms with Crippen LogP contribution in [0.3, 0.4) is 0 Å². The van der Waals surface area contributed by atoms with E-state index in [1.165, 1.54) is 12.1 Å². The molecule has 0 aromatic heterocycles. The number of nitrogens with one attached hydrogen (secondary N) is 1. The van der Waals surface area contributed by atoms with Crippen molar-refractivity contribution >= 4 is 16.0 Å². The Morgan fingerprint density at radius 3 is 2.04 bits per heavy atom. The molecule has 0 radical (unpaired) electrons. The molecule has 1 N–H and O–H groups in total. The van der Waals surface area contributed by atoms with Gasteiger partial charge in [0.15, 0.2) is 0 Å². The van der Waals surface area contributed by atoms with Gasteiger partial charge < -0.3 is 4.74 Å². The second-order valence-corrected chi connectivity index (χ2v) is 8.42. The van der Waals surface area contributed by atoms with E-state index < -0.39 is 27.6 Å². The third-order valence-electron chi connectivity index (χ3n) is 3.32. The molecule has 0 fully saturated rings. The SMILES string of the molecule is CC(C)(C)OC(=O)[C@H](Cc1ccccc1)NS(=O)(=O)c1ccccc1. The summed E-state index contributed by atoms with van der Waals surface area (Å²) in [6, 6.07) is 16.2. The summed E-state index contributed by atoms with van der Waals surface area (Å²) in [5.41, 5.74) is 0.138. The zero-order valence-corrected chi connectivity index (χ0v) is 15.4. The zero-order valence-electron chi connectivity index (χ0n) is 14.6. The molecular weight excluding hydrogens is 338 g/mol. The number of ether oxygens (including phenoxy) is 1. The van der Waals surface area contributed by atoms with E-state index >= 15 is 0 Å². The zero-order chi connectivity index (χ0) is 18.5. The van der Waals surface area contributed by atoms with E-state index in [9.17, 15) is 13.2 Å². The second kappa shape index (κ2) is 7.80. The van der Waals surface area contributed by atoms with Crippen LogP contribution in [0.15, 0.2) is 65.6 Å². The highest BCUT2D eigenvalue weighted by Gasteiger charge is 2.30. The predicted octanol–water partition coefficient (Wildman–Crippen LogP) is 2.92. The Balaban J connectivity index is 2.26. The maximum absolute atomic E-state index is 12.6. The minimum Gasteiger partial charge on any atom is -0.459 e. The van der Waals surface area contributed by atoms with E-state index in [1.807, 2.05) is 30.3 Å². The second-order valence-electron chi connectivity index (χ2n) is 6.71. The minimum absolute atomic E-state index is 0.108. The Hall–Kier alpha value is -2.18. The van der Waals surface area contributed by atoms with E-state index in [4.69, 9.17) is 4.74 Å². The first-order chi connectivity index (χ1) is 11.7. The molecule has 2 aromatic rings. The third kappa shape index (κ3) is 5.99. The maximum atomic E-state index is 12.6. The molecular formula is C19H23NO4S. The molecule has 2 aromatic carbocycles. The van der Waals surface area contributed by atoms with Crippen LogP contribution in [0.2, 0.25) is 0 Å². The summed E-state index contributed by atoms with van der Waals surface area (Å²) < 4.78 is 33.0. The van der Waals surface area contributed by atoms with Crippen molar-refractivity contribution in [1.82, 2.24) is 4.72 Å². The van der Waals surface area contributed by atoms with Crippen molar-refractivity contribution in [3.05, 3.63) is 66.2 Å². The molecule has 25 heavy (non-hydrogen) atoms. The van der Waals surface area contributed by atoms with Gasteiger partial charge in [0.2, 0.25) is 10.0 Å². The molecule has 0 saturated heterocycles. The third-order valence-corrected chi connectivity index (χ3v) is 4.81. The quantitative estimate of drug-likeness (QED) is 0.803. The van der Waals surface area contributed by atoms with Crippen molar-refractivity contribution in [3.8, 4) is 0 Å². The number of benzene rings is 2. The fourth-order valence-corrected chi connectivity index (χ4v) is 3.46. The summed E-state index contributed by atoms with van der Waals surface area (Å²) in [6.07, 6.45) is 0.210. The van der Waals surface area contributed by atoms with Gasteiger partial charge in [-0.05, 0) is 44.9 Å².